The molecule has 0 aromatic carbocycles. The molecule has 7 heteroatoms. The van der Waals surface area contributed by atoms with Gasteiger partial charge in [0, 0.05) is 12.1 Å². The zero-order chi connectivity index (χ0) is 13.0. The summed E-state index contributed by atoms with van der Waals surface area (Å²) in [6, 6.07) is 2.34. The Hall–Kier alpha value is -0.920. The minimum absolute atomic E-state index is 0.139. The summed E-state index contributed by atoms with van der Waals surface area (Å²) in [6.07, 6.45) is 3.06. The minimum Gasteiger partial charge on any atom is -0.360 e. The number of sulfonamides is 1. The molecule has 102 valence electrons. The second kappa shape index (κ2) is 5.81. The fourth-order valence-corrected chi connectivity index (χ4v) is 2.64. The Balaban J connectivity index is 1.66. The summed E-state index contributed by atoms with van der Waals surface area (Å²) in [6.45, 7) is 2.72. The summed E-state index contributed by atoms with van der Waals surface area (Å²) in [4.78, 5) is 0. The van der Waals surface area contributed by atoms with E-state index in [-0.39, 0.29) is 12.3 Å². The summed E-state index contributed by atoms with van der Waals surface area (Å²) in [5.74, 6) is 0.673. The summed E-state index contributed by atoms with van der Waals surface area (Å²) in [7, 11) is -3.23. The normalized spacial score (nSPS) is 16.1. The van der Waals surface area contributed by atoms with Crippen LogP contribution in [0.25, 0.3) is 0 Å². The molecule has 18 heavy (non-hydrogen) atoms. The third-order valence-corrected chi connectivity index (χ3v) is 4.15. The molecule has 1 aliphatic carbocycles. The Bertz CT molecular complexity index is 479. The highest BCUT2D eigenvalue weighted by atomic mass is 32.2. The van der Waals surface area contributed by atoms with Crippen molar-refractivity contribution in [1.82, 2.24) is 15.2 Å². The van der Waals surface area contributed by atoms with Crippen LogP contribution in [0.3, 0.4) is 0 Å². The number of hydrogen-bond acceptors (Lipinski definition) is 5. The standard InChI is InChI=1S/C11H19N3O3S/c1-9-7-11(17-14-9)8-13-18(15,16)6-2-5-12-10-3-4-10/h7,10,12-13H,2-6,8H2,1H3. The van der Waals surface area contributed by atoms with Crippen molar-refractivity contribution in [1.29, 1.82) is 0 Å². The Kier molecular flexibility index (Phi) is 4.36. The zero-order valence-corrected chi connectivity index (χ0v) is 11.3. The highest BCUT2D eigenvalue weighted by Gasteiger charge is 2.20. The first-order valence-electron chi connectivity index (χ1n) is 6.18. The van der Waals surface area contributed by atoms with E-state index in [1.54, 1.807) is 13.0 Å². The van der Waals surface area contributed by atoms with E-state index in [4.69, 9.17) is 4.52 Å². The molecule has 6 nitrogen and oxygen atoms in total. The van der Waals surface area contributed by atoms with Gasteiger partial charge in [-0.2, -0.15) is 0 Å². The molecule has 1 aliphatic rings. The second-order valence-electron chi connectivity index (χ2n) is 4.66. The van der Waals surface area contributed by atoms with Crippen molar-refractivity contribution in [2.75, 3.05) is 12.3 Å². The van der Waals surface area contributed by atoms with E-state index in [0.717, 1.165) is 12.2 Å². The molecular formula is C11H19N3O3S. The highest BCUT2D eigenvalue weighted by Crippen LogP contribution is 2.18. The van der Waals surface area contributed by atoms with Gasteiger partial charge in [0.15, 0.2) is 5.76 Å². The van der Waals surface area contributed by atoms with E-state index in [9.17, 15) is 8.42 Å². The van der Waals surface area contributed by atoms with Crippen LogP contribution in [-0.4, -0.2) is 31.9 Å². The minimum atomic E-state index is -3.23. The molecule has 0 radical (unpaired) electrons. The van der Waals surface area contributed by atoms with Crippen LogP contribution in [0.15, 0.2) is 10.6 Å². The largest absolute Gasteiger partial charge is 0.360 e. The predicted octanol–water partition coefficient (Wildman–Crippen LogP) is 0.545. The van der Waals surface area contributed by atoms with Crippen molar-refractivity contribution in [3.63, 3.8) is 0 Å². The Morgan fingerprint density at radius 3 is 2.89 bits per heavy atom. The lowest BCUT2D eigenvalue weighted by atomic mass is 10.4. The van der Waals surface area contributed by atoms with Crippen molar-refractivity contribution in [2.24, 2.45) is 0 Å². The van der Waals surface area contributed by atoms with Crippen LogP contribution in [-0.2, 0) is 16.6 Å². The Morgan fingerprint density at radius 2 is 2.28 bits per heavy atom. The summed E-state index contributed by atoms with van der Waals surface area (Å²) in [5.41, 5.74) is 0.748. The van der Waals surface area contributed by atoms with E-state index in [1.165, 1.54) is 12.8 Å². The fraction of sp³-hybridized carbons (Fsp3) is 0.727. The van der Waals surface area contributed by atoms with Crippen LogP contribution >= 0.6 is 0 Å². The third-order valence-electron chi connectivity index (χ3n) is 2.74. The first kappa shape index (κ1) is 13.5. The van der Waals surface area contributed by atoms with Gasteiger partial charge in [-0.15, -0.1) is 0 Å². The van der Waals surface area contributed by atoms with Gasteiger partial charge in [0.05, 0.1) is 18.0 Å². The molecule has 1 saturated carbocycles. The van der Waals surface area contributed by atoms with Crippen LogP contribution in [0.2, 0.25) is 0 Å². The molecule has 0 bridgehead atoms. The third kappa shape index (κ3) is 4.75. The smallest absolute Gasteiger partial charge is 0.212 e. The lowest BCUT2D eigenvalue weighted by Gasteiger charge is -2.05. The molecule has 0 unspecified atom stereocenters. The first-order chi connectivity index (χ1) is 8.55. The van der Waals surface area contributed by atoms with E-state index < -0.39 is 10.0 Å². The molecule has 2 rings (SSSR count). The van der Waals surface area contributed by atoms with E-state index >= 15 is 0 Å². The molecule has 1 heterocycles. The quantitative estimate of drug-likeness (QED) is 0.676. The van der Waals surface area contributed by atoms with Crippen LogP contribution in [0.5, 0.6) is 0 Å². The molecule has 0 amide bonds. The number of nitrogens with one attached hydrogen (secondary N) is 2. The number of aromatic nitrogens is 1. The predicted molar refractivity (Wildman–Crippen MR) is 67.5 cm³/mol. The molecule has 0 aliphatic heterocycles. The molecule has 0 atom stereocenters. The Morgan fingerprint density at radius 1 is 1.50 bits per heavy atom. The molecule has 1 aromatic heterocycles. The average Bonchev–Trinajstić information content (AvgIpc) is 3.04. The van der Waals surface area contributed by atoms with Crippen molar-refractivity contribution in [3.05, 3.63) is 17.5 Å². The molecular weight excluding hydrogens is 254 g/mol. The van der Waals surface area contributed by atoms with Gasteiger partial charge < -0.3 is 9.84 Å². The summed E-state index contributed by atoms with van der Waals surface area (Å²) >= 11 is 0. The highest BCUT2D eigenvalue weighted by molar-refractivity contribution is 7.89. The number of hydrogen-bond donors (Lipinski definition) is 2. The van der Waals surface area contributed by atoms with E-state index in [0.29, 0.717) is 18.2 Å². The van der Waals surface area contributed by atoms with Crippen molar-refractivity contribution >= 4 is 10.0 Å². The van der Waals surface area contributed by atoms with Crippen molar-refractivity contribution < 1.29 is 12.9 Å². The van der Waals surface area contributed by atoms with Gasteiger partial charge in [0.25, 0.3) is 0 Å². The number of rotatable bonds is 8. The topological polar surface area (TPSA) is 84.2 Å². The van der Waals surface area contributed by atoms with E-state index in [1.807, 2.05) is 0 Å². The van der Waals surface area contributed by atoms with Gasteiger partial charge in [0.2, 0.25) is 10.0 Å². The second-order valence-corrected chi connectivity index (χ2v) is 6.58. The van der Waals surface area contributed by atoms with Crippen LogP contribution in [0, 0.1) is 6.92 Å². The van der Waals surface area contributed by atoms with Crippen LogP contribution < -0.4 is 10.0 Å². The molecule has 1 aromatic rings. The van der Waals surface area contributed by atoms with Crippen LogP contribution in [0.4, 0.5) is 0 Å². The van der Waals surface area contributed by atoms with Crippen molar-refractivity contribution in [2.45, 2.75) is 38.8 Å². The fourth-order valence-electron chi connectivity index (χ4n) is 1.61. The van der Waals surface area contributed by atoms with Crippen molar-refractivity contribution in [3.8, 4) is 0 Å². The molecule has 2 N–H and O–H groups in total. The monoisotopic (exact) mass is 273 g/mol. The van der Waals surface area contributed by atoms with Gasteiger partial charge in [-0.1, -0.05) is 5.16 Å². The summed E-state index contributed by atoms with van der Waals surface area (Å²) < 4.78 is 30.8. The maximum atomic E-state index is 11.7. The van der Waals surface area contributed by atoms with Gasteiger partial charge in [0.1, 0.15) is 0 Å². The number of aryl methyl sites for hydroxylation is 1. The maximum Gasteiger partial charge on any atom is 0.212 e. The van der Waals surface area contributed by atoms with Gasteiger partial charge in [-0.05, 0) is 32.7 Å². The average molecular weight is 273 g/mol. The zero-order valence-electron chi connectivity index (χ0n) is 10.5. The number of nitrogens with zero attached hydrogens (tertiary/aromatic N) is 1. The lowest BCUT2D eigenvalue weighted by molar-refractivity contribution is 0.377. The van der Waals surface area contributed by atoms with Gasteiger partial charge in [-0.3, -0.25) is 0 Å². The first-order valence-corrected chi connectivity index (χ1v) is 7.83. The molecule has 1 fully saturated rings. The van der Waals surface area contributed by atoms with Gasteiger partial charge >= 0.3 is 0 Å². The van der Waals surface area contributed by atoms with Crippen LogP contribution in [0.1, 0.15) is 30.7 Å². The summed E-state index contributed by atoms with van der Waals surface area (Å²) in [5, 5.41) is 6.98. The molecule has 0 spiro atoms. The SMILES string of the molecule is Cc1cc(CNS(=O)(=O)CCCNC2CC2)on1. The van der Waals surface area contributed by atoms with E-state index in [2.05, 4.69) is 15.2 Å². The Labute approximate surface area is 107 Å². The van der Waals surface area contributed by atoms with Gasteiger partial charge in [-0.25, -0.2) is 13.1 Å². The lowest BCUT2D eigenvalue weighted by Crippen LogP contribution is -2.28. The molecule has 0 saturated heterocycles. The maximum absolute atomic E-state index is 11.7.